The van der Waals surface area contributed by atoms with Gasteiger partial charge in [-0.3, -0.25) is 0 Å². The highest BCUT2D eigenvalue weighted by Crippen LogP contribution is 2.51. The molecule has 1 aromatic heterocycles. The maximum absolute atomic E-state index is 12.0. The third kappa shape index (κ3) is 3.46. The van der Waals surface area contributed by atoms with Gasteiger partial charge in [0.15, 0.2) is 17.5 Å². The summed E-state index contributed by atoms with van der Waals surface area (Å²) < 4.78 is 24.6. The van der Waals surface area contributed by atoms with E-state index < -0.39 is 0 Å². The number of esters is 1. The van der Waals surface area contributed by atoms with Gasteiger partial charge in [0.1, 0.15) is 0 Å². The molecule has 5 rings (SSSR count). The van der Waals surface area contributed by atoms with Gasteiger partial charge in [0.2, 0.25) is 18.4 Å². The fourth-order valence-electron chi connectivity index (χ4n) is 4.62. The minimum Gasteiger partial charge on any atom is -0.492 e. The SMILES string of the molecule is CCOC(=O)c1ccc(-n2nnnc2[C@@H]2c3c(cc4c(c3OC)OCO4)CC[N+]2(C)C)cc1. The molecule has 1 atom stereocenters. The van der Waals surface area contributed by atoms with Crippen LogP contribution in [0.15, 0.2) is 30.3 Å². The molecule has 3 aromatic rings. The summed E-state index contributed by atoms with van der Waals surface area (Å²) in [7, 11) is 5.95. The average molecular weight is 452 g/mol. The van der Waals surface area contributed by atoms with E-state index in [1.54, 1.807) is 30.8 Å². The smallest absolute Gasteiger partial charge is 0.338 e. The summed E-state index contributed by atoms with van der Waals surface area (Å²) in [5.74, 6) is 2.28. The molecule has 0 N–H and O–H groups in total. The molecule has 0 fully saturated rings. The number of aromatic nitrogens is 4. The highest BCUT2D eigenvalue weighted by Gasteiger charge is 2.45. The van der Waals surface area contributed by atoms with E-state index in [-0.39, 0.29) is 18.8 Å². The van der Waals surface area contributed by atoms with Crippen molar-refractivity contribution in [2.75, 3.05) is 41.1 Å². The lowest BCUT2D eigenvalue weighted by atomic mass is 9.88. The predicted octanol–water partition coefficient (Wildman–Crippen LogP) is 2.30. The number of ether oxygens (including phenoxy) is 4. The van der Waals surface area contributed by atoms with Gasteiger partial charge in [0.25, 0.3) is 0 Å². The summed E-state index contributed by atoms with van der Waals surface area (Å²) in [4.78, 5) is 12.0. The molecule has 0 spiro atoms. The zero-order valence-electron chi connectivity index (χ0n) is 19.1. The first-order chi connectivity index (χ1) is 15.9. The number of quaternary nitrogens is 1. The van der Waals surface area contributed by atoms with Crippen LogP contribution >= 0.6 is 0 Å². The van der Waals surface area contributed by atoms with E-state index in [1.165, 1.54) is 0 Å². The standard InChI is InChI=1S/C23H26N5O5/c1-5-31-23(29)14-6-8-16(9-7-14)27-22(24-25-26-27)19-18-15(10-11-28(19,2)3)12-17-20(21(18)30-4)33-13-32-17/h6-9,12,19H,5,10-11,13H2,1-4H3/q+1/t19-/m0/s1. The lowest BCUT2D eigenvalue weighted by molar-refractivity contribution is -0.917. The summed E-state index contributed by atoms with van der Waals surface area (Å²) in [6, 6.07) is 8.88. The quantitative estimate of drug-likeness (QED) is 0.430. The number of methoxy groups -OCH3 is 1. The fourth-order valence-corrected chi connectivity index (χ4v) is 4.62. The van der Waals surface area contributed by atoms with E-state index in [0.29, 0.717) is 39.7 Å². The Morgan fingerprint density at radius 2 is 2.03 bits per heavy atom. The topological polar surface area (TPSA) is 97.6 Å². The van der Waals surface area contributed by atoms with Crippen molar-refractivity contribution in [1.29, 1.82) is 0 Å². The molecule has 0 bridgehead atoms. The van der Waals surface area contributed by atoms with Gasteiger partial charge >= 0.3 is 5.97 Å². The van der Waals surface area contributed by atoms with Gasteiger partial charge in [-0.2, -0.15) is 4.68 Å². The molecule has 0 unspecified atom stereocenters. The molecule has 3 heterocycles. The van der Waals surface area contributed by atoms with E-state index in [4.69, 9.17) is 18.9 Å². The van der Waals surface area contributed by atoms with Gasteiger partial charge in [-0.1, -0.05) is 0 Å². The van der Waals surface area contributed by atoms with Crippen LogP contribution in [0, 0.1) is 0 Å². The second-order valence-corrected chi connectivity index (χ2v) is 8.59. The molecule has 2 aromatic carbocycles. The number of benzene rings is 2. The number of tetrazole rings is 1. The van der Waals surface area contributed by atoms with Crippen LogP contribution < -0.4 is 14.2 Å². The molecule has 2 aliphatic rings. The van der Waals surface area contributed by atoms with Gasteiger partial charge in [0.05, 0.1) is 51.2 Å². The van der Waals surface area contributed by atoms with Crippen molar-refractivity contribution < 1.29 is 28.2 Å². The Kier molecular flexibility index (Phi) is 5.16. The molecular weight excluding hydrogens is 426 g/mol. The Hall–Kier alpha value is -3.66. The maximum Gasteiger partial charge on any atom is 0.338 e. The number of rotatable bonds is 5. The first-order valence-corrected chi connectivity index (χ1v) is 10.8. The first-order valence-electron chi connectivity index (χ1n) is 10.8. The summed E-state index contributed by atoms with van der Waals surface area (Å²) >= 11 is 0. The Morgan fingerprint density at radius 3 is 2.76 bits per heavy atom. The number of carbonyl (C=O) groups excluding carboxylic acids is 1. The molecule has 2 aliphatic heterocycles. The van der Waals surface area contributed by atoms with E-state index in [9.17, 15) is 4.79 Å². The van der Waals surface area contributed by atoms with E-state index in [1.807, 2.05) is 18.2 Å². The largest absolute Gasteiger partial charge is 0.492 e. The Morgan fingerprint density at radius 1 is 1.24 bits per heavy atom. The van der Waals surface area contributed by atoms with Crippen LogP contribution in [-0.2, 0) is 11.2 Å². The molecule has 0 saturated heterocycles. The van der Waals surface area contributed by atoms with E-state index in [2.05, 4.69) is 29.6 Å². The van der Waals surface area contributed by atoms with Crippen LogP contribution in [0.4, 0.5) is 0 Å². The minimum absolute atomic E-state index is 0.169. The number of fused-ring (bicyclic) bond motifs is 2. The molecular formula is C23H26N5O5+. The van der Waals surface area contributed by atoms with Crippen LogP contribution in [0.1, 0.15) is 40.3 Å². The van der Waals surface area contributed by atoms with Crippen LogP contribution in [0.2, 0.25) is 0 Å². The number of hydrogen-bond acceptors (Lipinski definition) is 8. The van der Waals surface area contributed by atoms with Gasteiger partial charge in [-0.15, -0.1) is 5.10 Å². The summed E-state index contributed by atoms with van der Waals surface area (Å²) in [5.41, 5.74) is 3.35. The number of hydrogen-bond donors (Lipinski definition) is 0. The number of nitrogens with zero attached hydrogens (tertiary/aromatic N) is 5. The predicted molar refractivity (Wildman–Crippen MR) is 117 cm³/mol. The van der Waals surface area contributed by atoms with E-state index in [0.717, 1.165) is 29.8 Å². The molecule has 0 amide bonds. The molecule has 10 heteroatoms. The van der Waals surface area contributed by atoms with E-state index >= 15 is 0 Å². The summed E-state index contributed by atoms with van der Waals surface area (Å²) in [6.45, 7) is 3.16. The molecule has 0 aliphatic carbocycles. The average Bonchev–Trinajstić information content (AvgIpc) is 3.47. The normalized spacial score (nSPS) is 18.0. The monoisotopic (exact) mass is 452 g/mol. The van der Waals surface area contributed by atoms with Gasteiger partial charge in [-0.05, 0) is 53.2 Å². The zero-order valence-corrected chi connectivity index (χ0v) is 19.1. The Labute approximate surface area is 191 Å². The first kappa shape index (κ1) is 21.2. The zero-order chi connectivity index (χ0) is 23.2. The molecule has 0 radical (unpaired) electrons. The van der Waals surface area contributed by atoms with Gasteiger partial charge < -0.3 is 23.4 Å². The van der Waals surface area contributed by atoms with Crippen LogP contribution in [0.25, 0.3) is 5.69 Å². The van der Waals surface area contributed by atoms with Crippen molar-refractivity contribution in [2.24, 2.45) is 0 Å². The Bertz CT molecular complexity index is 1200. The van der Waals surface area contributed by atoms with Crippen LogP contribution in [0.3, 0.4) is 0 Å². The van der Waals surface area contributed by atoms with Crippen molar-refractivity contribution in [3.05, 3.63) is 52.8 Å². The van der Waals surface area contributed by atoms with Crippen LogP contribution in [0.5, 0.6) is 17.2 Å². The second kappa shape index (κ2) is 8.04. The molecule has 10 nitrogen and oxygen atoms in total. The second-order valence-electron chi connectivity index (χ2n) is 8.59. The highest BCUT2D eigenvalue weighted by atomic mass is 16.7. The molecule has 33 heavy (non-hydrogen) atoms. The number of carbonyl (C=O) groups is 1. The van der Waals surface area contributed by atoms with Gasteiger partial charge in [0, 0.05) is 6.42 Å². The van der Waals surface area contributed by atoms with Crippen molar-refractivity contribution in [3.8, 4) is 22.9 Å². The van der Waals surface area contributed by atoms with Gasteiger partial charge in [-0.25, -0.2) is 4.79 Å². The maximum atomic E-state index is 12.0. The minimum atomic E-state index is -0.360. The summed E-state index contributed by atoms with van der Waals surface area (Å²) in [6.07, 6.45) is 0.863. The Balaban J connectivity index is 1.62. The number of likely N-dealkylation sites (N-methyl/N-ethyl adjacent to an activating group) is 1. The third-order valence-corrected chi connectivity index (χ3v) is 6.24. The van der Waals surface area contributed by atoms with Crippen molar-refractivity contribution in [3.63, 3.8) is 0 Å². The molecule has 0 saturated carbocycles. The van der Waals surface area contributed by atoms with Crippen molar-refractivity contribution in [2.45, 2.75) is 19.4 Å². The summed E-state index contributed by atoms with van der Waals surface area (Å²) in [5, 5.41) is 12.7. The highest BCUT2D eigenvalue weighted by molar-refractivity contribution is 5.89. The molecule has 172 valence electrons. The van der Waals surface area contributed by atoms with Crippen molar-refractivity contribution in [1.82, 2.24) is 20.2 Å². The third-order valence-electron chi connectivity index (χ3n) is 6.24. The lowest BCUT2D eigenvalue weighted by Crippen LogP contribution is -2.49. The lowest BCUT2D eigenvalue weighted by Gasteiger charge is -2.42. The van der Waals surface area contributed by atoms with Crippen molar-refractivity contribution >= 4 is 5.97 Å². The van der Waals surface area contributed by atoms with Crippen LogP contribution in [-0.4, -0.2) is 71.8 Å². The fraction of sp³-hybridized carbons (Fsp3) is 0.391.